The second-order valence-corrected chi connectivity index (χ2v) is 9.78. The highest BCUT2D eigenvalue weighted by molar-refractivity contribution is 7.20. The molecule has 1 unspecified atom stereocenters. The summed E-state index contributed by atoms with van der Waals surface area (Å²) in [6.07, 6.45) is 3.41. The van der Waals surface area contributed by atoms with E-state index in [1.165, 1.54) is 32.5 Å². The fourth-order valence-corrected chi connectivity index (χ4v) is 4.58. The molecule has 0 N–H and O–H groups in total. The molecule has 1 atom stereocenters. The zero-order valence-corrected chi connectivity index (χ0v) is 15.4. The zero-order valence-electron chi connectivity index (χ0n) is 14.6. The van der Waals surface area contributed by atoms with Gasteiger partial charge in [0.25, 0.3) is 0 Å². The molecule has 1 heterocycles. The Kier molecular flexibility index (Phi) is 3.62. The Hall–Kier alpha value is -1.30. The van der Waals surface area contributed by atoms with Gasteiger partial charge in [-0.05, 0) is 35.3 Å². The molecule has 0 bridgehead atoms. The number of thiophene rings is 1. The highest BCUT2D eigenvalue weighted by Crippen LogP contribution is 2.49. The quantitative estimate of drug-likeness (QED) is 0.523. The van der Waals surface area contributed by atoms with Crippen molar-refractivity contribution in [2.75, 3.05) is 0 Å². The molecular formula is C21H26S. The van der Waals surface area contributed by atoms with Gasteiger partial charge in [0, 0.05) is 26.1 Å². The average molecular weight is 311 g/mol. The van der Waals surface area contributed by atoms with Crippen LogP contribution in [-0.2, 0) is 0 Å². The molecule has 0 fully saturated rings. The summed E-state index contributed by atoms with van der Waals surface area (Å²) in [7, 11) is 0. The van der Waals surface area contributed by atoms with E-state index in [1.54, 1.807) is 0 Å². The summed E-state index contributed by atoms with van der Waals surface area (Å²) in [5.41, 5.74) is 7.02. The number of rotatable bonds is 2. The molecule has 1 aliphatic rings. The Balaban J connectivity index is 2.08. The molecular weight excluding hydrogens is 284 g/mol. The Bertz CT molecular complexity index is 768. The Morgan fingerprint density at radius 2 is 1.73 bits per heavy atom. The van der Waals surface area contributed by atoms with E-state index in [9.17, 15) is 0 Å². The van der Waals surface area contributed by atoms with Crippen molar-refractivity contribution in [1.82, 2.24) is 0 Å². The van der Waals surface area contributed by atoms with E-state index < -0.39 is 0 Å². The maximum absolute atomic E-state index is 3.63. The number of hydrogen-bond donors (Lipinski definition) is 0. The molecule has 0 saturated heterocycles. The lowest BCUT2D eigenvalue weighted by molar-refractivity contribution is 0.215. The van der Waals surface area contributed by atoms with Crippen molar-refractivity contribution < 1.29 is 0 Å². The van der Waals surface area contributed by atoms with Gasteiger partial charge in [-0.15, -0.1) is 17.1 Å². The van der Waals surface area contributed by atoms with Gasteiger partial charge in [-0.2, -0.15) is 0 Å². The summed E-state index contributed by atoms with van der Waals surface area (Å²) in [4.78, 5) is 1.45. The Morgan fingerprint density at radius 3 is 2.36 bits per heavy atom. The van der Waals surface area contributed by atoms with E-state index in [0.717, 1.165) is 0 Å². The standard InChI is InChI=1S/C21H26S/c1-20(2,3)13-17(21(4,5)6)16-12-11-15-14-9-7-8-10-18(14)22-19(15)16/h7-11,17H,13H2,1-6H3. The van der Waals surface area contributed by atoms with Crippen LogP contribution < -0.4 is 0 Å². The van der Waals surface area contributed by atoms with Crippen molar-refractivity contribution in [2.45, 2.75) is 48.0 Å². The minimum Gasteiger partial charge on any atom is -0.134 e. The monoisotopic (exact) mass is 310 g/mol. The van der Waals surface area contributed by atoms with Crippen LogP contribution in [-0.4, -0.2) is 0 Å². The highest BCUT2D eigenvalue weighted by atomic mass is 32.1. The minimum atomic E-state index is 0.251. The number of allylic oxidation sites excluding steroid dienone is 1. The summed E-state index contributed by atoms with van der Waals surface area (Å²) < 4.78 is 1.39. The lowest BCUT2D eigenvalue weighted by atomic mass is 9.69. The predicted molar refractivity (Wildman–Crippen MR) is 100 cm³/mol. The van der Waals surface area contributed by atoms with Crippen LogP contribution in [0.4, 0.5) is 0 Å². The second kappa shape index (κ2) is 5.11. The molecule has 2 aromatic rings. The molecule has 1 heteroatoms. The van der Waals surface area contributed by atoms with Crippen LogP contribution in [0.3, 0.4) is 0 Å². The average Bonchev–Trinajstić information content (AvgIpc) is 2.92. The topological polar surface area (TPSA) is 0 Å². The number of benzene rings is 1. The van der Waals surface area contributed by atoms with E-state index in [2.05, 4.69) is 77.6 Å². The van der Waals surface area contributed by atoms with Gasteiger partial charge in [-0.1, -0.05) is 59.7 Å². The third-order valence-corrected chi connectivity index (χ3v) is 5.68. The van der Waals surface area contributed by atoms with Crippen molar-refractivity contribution in [3.63, 3.8) is 0 Å². The van der Waals surface area contributed by atoms with Crippen molar-refractivity contribution in [3.8, 4) is 0 Å². The molecule has 116 valence electrons. The summed E-state index contributed by atoms with van der Waals surface area (Å²) in [5, 5.41) is 1.38. The first kappa shape index (κ1) is 15.6. The van der Waals surface area contributed by atoms with Crippen LogP contribution >= 0.6 is 11.3 Å². The molecule has 3 rings (SSSR count). The molecule has 1 aromatic carbocycles. The minimum absolute atomic E-state index is 0.251. The van der Waals surface area contributed by atoms with Crippen LogP contribution in [0.1, 0.15) is 58.4 Å². The number of hydrogen-bond acceptors (Lipinski definition) is 1. The smallest absolute Gasteiger partial charge is 0.0473 e. The molecule has 0 radical (unpaired) electrons. The molecule has 0 nitrogen and oxygen atoms in total. The molecule has 0 spiro atoms. The van der Waals surface area contributed by atoms with Gasteiger partial charge in [0.05, 0.1) is 0 Å². The predicted octanol–water partition coefficient (Wildman–Crippen LogP) is 7.01. The Morgan fingerprint density at radius 1 is 1.05 bits per heavy atom. The summed E-state index contributed by atoms with van der Waals surface area (Å²) in [6, 6.07) is 8.75. The third kappa shape index (κ3) is 2.81. The van der Waals surface area contributed by atoms with Gasteiger partial charge in [0.2, 0.25) is 0 Å². The maximum atomic E-state index is 3.63. The van der Waals surface area contributed by atoms with Crippen LogP contribution in [0.5, 0.6) is 0 Å². The zero-order chi connectivity index (χ0) is 16.1. The van der Waals surface area contributed by atoms with Gasteiger partial charge >= 0.3 is 0 Å². The molecule has 0 amide bonds. The second-order valence-electron chi connectivity index (χ2n) is 8.73. The fraction of sp³-hybridized carbons (Fsp3) is 0.476. The van der Waals surface area contributed by atoms with Gasteiger partial charge in [0.1, 0.15) is 0 Å². The van der Waals surface area contributed by atoms with Crippen LogP contribution in [0, 0.1) is 16.7 Å². The van der Waals surface area contributed by atoms with Gasteiger partial charge in [-0.25, -0.2) is 0 Å². The van der Waals surface area contributed by atoms with Crippen LogP contribution in [0.25, 0.3) is 21.7 Å². The first-order chi connectivity index (χ1) is 10.2. The van der Waals surface area contributed by atoms with E-state index in [0.29, 0.717) is 11.3 Å². The lowest BCUT2D eigenvalue weighted by Crippen LogP contribution is -2.26. The maximum Gasteiger partial charge on any atom is 0.0473 e. The summed E-state index contributed by atoms with van der Waals surface area (Å²) in [5.74, 6) is 0.540. The fourth-order valence-electron chi connectivity index (χ4n) is 3.34. The van der Waals surface area contributed by atoms with E-state index in [-0.39, 0.29) is 5.41 Å². The van der Waals surface area contributed by atoms with E-state index in [4.69, 9.17) is 0 Å². The largest absolute Gasteiger partial charge is 0.134 e. The van der Waals surface area contributed by atoms with E-state index >= 15 is 0 Å². The first-order valence-electron chi connectivity index (χ1n) is 8.15. The molecule has 22 heavy (non-hydrogen) atoms. The molecule has 1 aromatic heterocycles. The lowest BCUT2D eigenvalue weighted by Gasteiger charge is -2.36. The van der Waals surface area contributed by atoms with Gasteiger partial charge in [0.15, 0.2) is 0 Å². The van der Waals surface area contributed by atoms with Crippen molar-refractivity contribution in [2.24, 2.45) is 16.7 Å². The SMILES string of the molecule is CC(C)(C)CC(C1=C=Cc2c1sc1ccccc21)C(C)(C)C. The molecule has 0 saturated carbocycles. The van der Waals surface area contributed by atoms with Gasteiger partial charge < -0.3 is 0 Å². The van der Waals surface area contributed by atoms with Crippen LogP contribution in [0.15, 0.2) is 30.0 Å². The summed E-state index contributed by atoms with van der Waals surface area (Å²) >= 11 is 1.93. The third-order valence-electron chi connectivity index (χ3n) is 4.46. The van der Waals surface area contributed by atoms with Gasteiger partial charge in [-0.3, -0.25) is 0 Å². The Labute approximate surface area is 138 Å². The number of fused-ring (bicyclic) bond motifs is 3. The van der Waals surface area contributed by atoms with E-state index in [1.807, 2.05) is 11.3 Å². The molecule has 0 aliphatic heterocycles. The van der Waals surface area contributed by atoms with Crippen molar-refractivity contribution in [3.05, 3.63) is 40.4 Å². The van der Waals surface area contributed by atoms with Crippen LogP contribution in [0.2, 0.25) is 0 Å². The van der Waals surface area contributed by atoms with Crippen molar-refractivity contribution >= 4 is 33.1 Å². The molecule has 1 aliphatic carbocycles. The summed E-state index contributed by atoms with van der Waals surface area (Å²) in [6.45, 7) is 14.1. The normalized spacial score (nSPS) is 16.0. The first-order valence-corrected chi connectivity index (χ1v) is 8.97. The van der Waals surface area contributed by atoms with Crippen molar-refractivity contribution in [1.29, 1.82) is 0 Å². The highest BCUT2D eigenvalue weighted by Gasteiger charge is 2.35.